The summed E-state index contributed by atoms with van der Waals surface area (Å²) in [6.45, 7) is 2.01. The van der Waals surface area contributed by atoms with E-state index in [1.54, 1.807) is 19.6 Å². The van der Waals surface area contributed by atoms with Crippen molar-refractivity contribution in [1.29, 1.82) is 0 Å². The Balaban J connectivity index is 2.08. The molecule has 0 radical (unpaired) electrons. The molecule has 1 unspecified atom stereocenters. The fourth-order valence-electron chi connectivity index (χ4n) is 1.45. The molecule has 0 saturated carbocycles. The normalized spacial score (nSPS) is 12.1. The third-order valence-electron chi connectivity index (χ3n) is 2.30. The molecule has 2 aromatic heterocycles. The number of ether oxygens (including phenoxy) is 1. The predicted molar refractivity (Wildman–Crippen MR) is 61.5 cm³/mol. The minimum absolute atomic E-state index is 0.0783. The van der Waals surface area contributed by atoms with Crippen LogP contribution < -0.4 is 10.1 Å². The van der Waals surface area contributed by atoms with Gasteiger partial charge in [0.2, 0.25) is 0 Å². The van der Waals surface area contributed by atoms with Gasteiger partial charge in [-0.2, -0.15) is 0 Å². The first-order valence-corrected chi connectivity index (χ1v) is 5.09. The van der Waals surface area contributed by atoms with Gasteiger partial charge in [0.15, 0.2) is 0 Å². The van der Waals surface area contributed by atoms with Crippen molar-refractivity contribution in [3.63, 3.8) is 0 Å². The van der Waals surface area contributed by atoms with E-state index in [4.69, 9.17) is 9.15 Å². The highest BCUT2D eigenvalue weighted by Gasteiger charge is 2.08. The lowest BCUT2D eigenvalue weighted by atomic mass is 10.2. The summed E-state index contributed by atoms with van der Waals surface area (Å²) >= 11 is 0. The molecule has 0 aliphatic heterocycles. The number of rotatable bonds is 4. The zero-order chi connectivity index (χ0) is 11.4. The number of pyridine rings is 1. The van der Waals surface area contributed by atoms with Crippen molar-refractivity contribution < 1.29 is 9.15 Å². The number of anilines is 1. The predicted octanol–water partition coefficient (Wildman–Crippen LogP) is 2.86. The van der Waals surface area contributed by atoms with Gasteiger partial charge in [0.25, 0.3) is 0 Å². The lowest BCUT2D eigenvalue weighted by molar-refractivity contribution is 0.414. The highest BCUT2D eigenvalue weighted by atomic mass is 16.5. The van der Waals surface area contributed by atoms with Gasteiger partial charge in [-0.25, -0.2) is 4.98 Å². The molecule has 0 bridgehead atoms. The number of nitrogens with zero attached hydrogens (tertiary/aromatic N) is 1. The smallest absolute Gasteiger partial charge is 0.130 e. The first kappa shape index (κ1) is 10.5. The van der Waals surface area contributed by atoms with E-state index in [1.165, 1.54) is 0 Å². The zero-order valence-electron chi connectivity index (χ0n) is 9.31. The third kappa shape index (κ3) is 2.34. The number of methoxy groups -OCH3 is 1. The van der Waals surface area contributed by atoms with Gasteiger partial charge in [0, 0.05) is 12.3 Å². The number of nitrogens with one attached hydrogen (secondary N) is 1. The summed E-state index contributed by atoms with van der Waals surface area (Å²) in [6, 6.07) is 7.53. The Hall–Kier alpha value is -1.97. The maximum absolute atomic E-state index is 5.30. The second-order valence-corrected chi connectivity index (χ2v) is 3.46. The van der Waals surface area contributed by atoms with Crippen LogP contribution in [0.5, 0.6) is 5.75 Å². The molecule has 0 fully saturated rings. The fourth-order valence-corrected chi connectivity index (χ4v) is 1.45. The average molecular weight is 218 g/mol. The van der Waals surface area contributed by atoms with Gasteiger partial charge in [-0.1, -0.05) is 0 Å². The summed E-state index contributed by atoms with van der Waals surface area (Å²) in [6.07, 6.45) is 3.36. The van der Waals surface area contributed by atoms with E-state index in [-0.39, 0.29) is 6.04 Å². The number of hydrogen-bond acceptors (Lipinski definition) is 4. The molecule has 0 aliphatic rings. The number of hydrogen-bond donors (Lipinski definition) is 1. The molecule has 0 spiro atoms. The van der Waals surface area contributed by atoms with E-state index < -0.39 is 0 Å². The quantitative estimate of drug-likeness (QED) is 0.857. The summed E-state index contributed by atoms with van der Waals surface area (Å²) in [4.78, 5) is 4.20. The molecule has 1 atom stereocenters. The topological polar surface area (TPSA) is 47.3 Å². The average Bonchev–Trinajstić information content (AvgIpc) is 2.83. The molecule has 84 valence electrons. The molecule has 4 heteroatoms. The van der Waals surface area contributed by atoms with Crippen LogP contribution in [0.1, 0.15) is 18.7 Å². The molecule has 4 nitrogen and oxygen atoms in total. The van der Waals surface area contributed by atoms with Gasteiger partial charge < -0.3 is 14.5 Å². The van der Waals surface area contributed by atoms with Crippen molar-refractivity contribution >= 4 is 5.82 Å². The van der Waals surface area contributed by atoms with E-state index in [2.05, 4.69) is 10.3 Å². The Bertz CT molecular complexity index is 440. The highest BCUT2D eigenvalue weighted by Crippen LogP contribution is 2.20. The van der Waals surface area contributed by atoms with Crippen LogP contribution in [0.15, 0.2) is 41.1 Å². The van der Waals surface area contributed by atoms with E-state index in [9.17, 15) is 0 Å². The first-order valence-electron chi connectivity index (χ1n) is 5.09. The molecule has 16 heavy (non-hydrogen) atoms. The molecule has 1 N–H and O–H groups in total. The minimum atomic E-state index is 0.0783. The van der Waals surface area contributed by atoms with Crippen LogP contribution in [0, 0.1) is 0 Å². The van der Waals surface area contributed by atoms with Crippen molar-refractivity contribution in [3.05, 3.63) is 42.5 Å². The van der Waals surface area contributed by atoms with Crippen molar-refractivity contribution in [2.75, 3.05) is 12.4 Å². The zero-order valence-corrected chi connectivity index (χ0v) is 9.31. The van der Waals surface area contributed by atoms with E-state index in [0.29, 0.717) is 0 Å². The van der Waals surface area contributed by atoms with Crippen molar-refractivity contribution in [1.82, 2.24) is 4.98 Å². The molecule has 0 saturated heterocycles. The van der Waals surface area contributed by atoms with Gasteiger partial charge in [-0.15, -0.1) is 0 Å². The van der Waals surface area contributed by atoms with Crippen LogP contribution in [-0.2, 0) is 0 Å². The lowest BCUT2D eigenvalue weighted by Gasteiger charge is -2.12. The van der Waals surface area contributed by atoms with E-state index >= 15 is 0 Å². The monoisotopic (exact) mass is 218 g/mol. The van der Waals surface area contributed by atoms with Crippen LogP contribution in [0.25, 0.3) is 0 Å². The highest BCUT2D eigenvalue weighted by molar-refractivity contribution is 5.41. The minimum Gasteiger partial charge on any atom is -0.497 e. The maximum atomic E-state index is 5.30. The Morgan fingerprint density at radius 3 is 3.00 bits per heavy atom. The van der Waals surface area contributed by atoms with Gasteiger partial charge in [-0.05, 0) is 25.1 Å². The standard InChI is InChI=1S/C12H14N2O2/c1-9(11-4-3-7-16-11)14-12-8-10(15-2)5-6-13-12/h3-9H,1-2H3,(H,13,14). The van der Waals surface area contributed by atoms with Gasteiger partial charge in [0.05, 0.1) is 19.4 Å². The molecular weight excluding hydrogens is 204 g/mol. The lowest BCUT2D eigenvalue weighted by Crippen LogP contribution is -2.06. The van der Waals surface area contributed by atoms with Crippen LogP contribution in [0.3, 0.4) is 0 Å². The van der Waals surface area contributed by atoms with Crippen LogP contribution >= 0.6 is 0 Å². The van der Waals surface area contributed by atoms with E-state index in [1.807, 2.05) is 31.2 Å². The Kier molecular flexibility index (Phi) is 3.10. The number of furan rings is 1. The Morgan fingerprint density at radius 1 is 1.44 bits per heavy atom. The SMILES string of the molecule is COc1ccnc(NC(C)c2ccco2)c1. The van der Waals surface area contributed by atoms with E-state index in [0.717, 1.165) is 17.3 Å². The second kappa shape index (κ2) is 4.70. The molecule has 2 aromatic rings. The summed E-state index contributed by atoms with van der Waals surface area (Å²) in [5.41, 5.74) is 0. The third-order valence-corrected chi connectivity index (χ3v) is 2.30. The maximum Gasteiger partial charge on any atom is 0.130 e. The molecule has 0 aromatic carbocycles. The van der Waals surface area contributed by atoms with Gasteiger partial charge in [-0.3, -0.25) is 0 Å². The van der Waals surface area contributed by atoms with Gasteiger partial charge >= 0.3 is 0 Å². The molecule has 0 aliphatic carbocycles. The number of aromatic nitrogens is 1. The molecular formula is C12H14N2O2. The van der Waals surface area contributed by atoms with Crippen LogP contribution in [0.4, 0.5) is 5.82 Å². The van der Waals surface area contributed by atoms with Crippen molar-refractivity contribution in [3.8, 4) is 5.75 Å². The van der Waals surface area contributed by atoms with Gasteiger partial charge in [0.1, 0.15) is 17.3 Å². The van der Waals surface area contributed by atoms with Crippen molar-refractivity contribution in [2.45, 2.75) is 13.0 Å². The molecule has 0 amide bonds. The summed E-state index contributed by atoms with van der Waals surface area (Å²) in [5, 5.41) is 3.23. The Labute approximate surface area is 94.3 Å². The van der Waals surface area contributed by atoms with Crippen LogP contribution in [0.2, 0.25) is 0 Å². The first-order chi connectivity index (χ1) is 7.79. The molecule has 2 rings (SSSR count). The van der Waals surface area contributed by atoms with Crippen molar-refractivity contribution in [2.24, 2.45) is 0 Å². The fraction of sp³-hybridized carbons (Fsp3) is 0.250. The van der Waals surface area contributed by atoms with Crippen LogP contribution in [-0.4, -0.2) is 12.1 Å². The summed E-state index contributed by atoms with van der Waals surface area (Å²) in [7, 11) is 1.63. The Morgan fingerprint density at radius 2 is 2.31 bits per heavy atom. The summed E-state index contributed by atoms with van der Waals surface area (Å²) in [5.74, 6) is 2.43. The molecule has 2 heterocycles. The second-order valence-electron chi connectivity index (χ2n) is 3.46. The largest absolute Gasteiger partial charge is 0.497 e. The summed E-state index contributed by atoms with van der Waals surface area (Å²) < 4.78 is 10.4.